The SMILES string of the molecule is CC1=C2Cc3cc(ccc3O)C(=O)O[C@H](C(C)(C)O)CC[C@]3(C)O[C@H]3C/C=C(\C)[C@H]2CC1. The van der Waals surface area contributed by atoms with Gasteiger partial charge in [0.25, 0.3) is 0 Å². The first kappa shape index (κ1) is 23.1. The number of phenols is 1. The van der Waals surface area contributed by atoms with Crippen LogP contribution in [0.15, 0.2) is 41.0 Å². The van der Waals surface area contributed by atoms with Crippen molar-refractivity contribution in [3.63, 3.8) is 0 Å². The summed E-state index contributed by atoms with van der Waals surface area (Å²) in [7, 11) is 0. The van der Waals surface area contributed by atoms with Gasteiger partial charge in [0.15, 0.2) is 0 Å². The predicted octanol–water partition coefficient (Wildman–Crippen LogP) is 5.25. The number of esters is 1. The monoisotopic (exact) mass is 440 g/mol. The molecule has 1 fully saturated rings. The van der Waals surface area contributed by atoms with Crippen LogP contribution in [0.3, 0.4) is 0 Å². The highest BCUT2D eigenvalue weighted by atomic mass is 16.6. The fourth-order valence-corrected chi connectivity index (χ4v) is 5.24. The first-order chi connectivity index (χ1) is 15.0. The van der Waals surface area contributed by atoms with Crippen LogP contribution >= 0.6 is 0 Å². The molecule has 1 aromatic carbocycles. The Hall–Kier alpha value is -2.11. The maximum Gasteiger partial charge on any atom is 0.338 e. The van der Waals surface area contributed by atoms with Crippen LogP contribution in [0.5, 0.6) is 5.75 Å². The molecule has 32 heavy (non-hydrogen) atoms. The fourth-order valence-electron chi connectivity index (χ4n) is 5.24. The van der Waals surface area contributed by atoms with Gasteiger partial charge in [0, 0.05) is 5.92 Å². The third-order valence-electron chi connectivity index (χ3n) is 7.65. The summed E-state index contributed by atoms with van der Waals surface area (Å²) in [6.45, 7) is 9.81. The summed E-state index contributed by atoms with van der Waals surface area (Å²) in [5.41, 5.74) is 3.76. The summed E-state index contributed by atoms with van der Waals surface area (Å²) in [6, 6.07) is 4.90. The summed E-state index contributed by atoms with van der Waals surface area (Å²) in [4.78, 5) is 13.0. The normalized spacial score (nSPS) is 33.1. The maximum atomic E-state index is 13.0. The number of allylic oxidation sites excluding steroid dienone is 3. The number of cyclic esters (lactones) is 1. The van der Waals surface area contributed by atoms with Crippen LogP contribution < -0.4 is 0 Å². The average Bonchev–Trinajstić information content (AvgIpc) is 3.23. The first-order valence-electron chi connectivity index (χ1n) is 11.8. The Morgan fingerprint density at radius 1 is 1.19 bits per heavy atom. The van der Waals surface area contributed by atoms with Crippen LogP contribution in [0.1, 0.15) is 82.6 Å². The van der Waals surface area contributed by atoms with Gasteiger partial charge in [0.1, 0.15) is 11.9 Å². The topological polar surface area (TPSA) is 79.3 Å². The molecule has 0 saturated carbocycles. The highest BCUT2D eigenvalue weighted by Gasteiger charge is 2.51. The van der Waals surface area contributed by atoms with Crippen molar-refractivity contribution in [2.75, 3.05) is 0 Å². The molecule has 4 rings (SSSR count). The van der Waals surface area contributed by atoms with Gasteiger partial charge in [-0.15, -0.1) is 0 Å². The van der Waals surface area contributed by atoms with Crippen molar-refractivity contribution < 1.29 is 24.5 Å². The Morgan fingerprint density at radius 2 is 1.94 bits per heavy atom. The lowest BCUT2D eigenvalue weighted by atomic mass is 9.86. The van der Waals surface area contributed by atoms with Gasteiger partial charge in [0.05, 0.1) is 22.9 Å². The molecule has 5 heteroatoms. The third kappa shape index (κ3) is 4.65. The van der Waals surface area contributed by atoms with Gasteiger partial charge in [-0.25, -0.2) is 4.79 Å². The van der Waals surface area contributed by atoms with E-state index in [0.717, 1.165) is 24.8 Å². The quantitative estimate of drug-likeness (QED) is 0.354. The van der Waals surface area contributed by atoms with Crippen LogP contribution in [0.25, 0.3) is 0 Å². The number of fused-ring (bicyclic) bond motifs is 4. The van der Waals surface area contributed by atoms with Crippen molar-refractivity contribution in [1.29, 1.82) is 0 Å². The van der Waals surface area contributed by atoms with Crippen molar-refractivity contribution in [3.8, 4) is 5.75 Å². The lowest BCUT2D eigenvalue weighted by molar-refractivity contribution is -0.0694. The molecule has 5 nitrogen and oxygen atoms in total. The van der Waals surface area contributed by atoms with E-state index in [1.807, 2.05) is 0 Å². The smallest absolute Gasteiger partial charge is 0.338 e. The average molecular weight is 441 g/mol. The molecule has 2 aliphatic heterocycles. The van der Waals surface area contributed by atoms with E-state index in [0.29, 0.717) is 30.7 Å². The van der Waals surface area contributed by atoms with Crippen LogP contribution in [0.4, 0.5) is 0 Å². The van der Waals surface area contributed by atoms with Gasteiger partial charge in [0.2, 0.25) is 0 Å². The molecule has 0 unspecified atom stereocenters. The zero-order chi connectivity index (χ0) is 23.3. The molecule has 3 aliphatic rings. The van der Waals surface area contributed by atoms with E-state index in [1.165, 1.54) is 16.7 Å². The third-order valence-corrected chi connectivity index (χ3v) is 7.65. The van der Waals surface area contributed by atoms with Crippen molar-refractivity contribution in [2.24, 2.45) is 5.92 Å². The molecule has 174 valence electrons. The molecule has 2 heterocycles. The van der Waals surface area contributed by atoms with Gasteiger partial charge in [-0.1, -0.05) is 22.8 Å². The zero-order valence-electron chi connectivity index (χ0n) is 19.9. The van der Waals surface area contributed by atoms with Crippen LogP contribution in [-0.4, -0.2) is 39.6 Å². The Balaban J connectivity index is 1.71. The highest BCUT2D eigenvalue weighted by Crippen LogP contribution is 2.45. The van der Waals surface area contributed by atoms with Crippen molar-refractivity contribution in [1.82, 2.24) is 0 Å². The van der Waals surface area contributed by atoms with Crippen molar-refractivity contribution in [3.05, 3.63) is 52.1 Å². The number of aromatic hydroxyl groups is 1. The zero-order valence-corrected chi connectivity index (χ0v) is 19.9. The molecule has 0 spiro atoms. The lowest BCUT2D eigenvalue weighted by Gasteiger charge is -2.30. The molecule has 1 aromatic rings. The maximum absolute atomic E-state index is 13.0. The molecular weight excluding hydrogens is 404 g/mol. The number of aliphatic hydroxyl groups is 1. The molecule has 0 radical (unpaired) electrons. The largest absolute Gasteiger partial charge is 0.508 e. The number of phenolic OH excluding ortho intramolecular Hbond substituents is 1. The Bertz CT molecular complexity index is 967. The fraction of sp³-hybridized carbons (Fsp3) is 0.593. The number of hydrogen-bond donors (Lipinski definition) is 2. The molecule has 0 aromatic heterocycles. The van der Waals surface area contributed by atoms with E-state index >= 15 is 0 Å². The van der Waals surface area contributed by atoms with Crippen LogP contribution in [-0.2, 0) is 15.9 Å². The lowest BCUT2D eigenvalue weighted by Crippen LogP contribution is -2.40. The minimum atomic E-state index is -1.17. The van der Waals surface area contributed by atoms with E-state index in [9.17, 15) is 15.0 Å². The first-order valence-corrected chi connectivity index (χ1v) is 11.8. The molecule has 0 amide bonds. The number of rotatable bonds is 1. The van der Waals surface area contributed by atoms with Gasteiger partial charge in [-0.2, -0.15) is 0 Å². The molecule has 2 bridgehead atoms. The summed E-state index contributed by atoms with van der Waals surface area (Å²) in [5.74, 6) is 0.0764. The number of hydrogen-bond acceptors (Lipinski definition) is 5. The van der Waals surface area contributed by atoms with Crippen LogP contribution in [0, 0.1) is 5.92 Å². The van der Waals surface area contributed by atoms with E-state index in [4.69, 9.17) is 9.47 Å². The molecule has 2 N–H and O–H groups in total. The predicted molar refractivity (Wildman–Crippen MR) is 124 cm³/mol. The number of carbonyl (C=O) groups is 1. The number of ether oxygens (including phenoxy) is 2. The summed E-state index contributed by atoms with van der Waals surface area (Å²) < 4.78 is 11.8. The standard InChI is InChI=1S/C27H36O5/c1-16-7-11-24-27(5,32-24)13-12-23(26(3,4)30)31-25(29)18-8-10-22(28)19(14-18)15-21-17(2)6-9-20(16)21/h7-8,10,14,20,23-24,28,30H,6,9,11-13,15H2,1-5H3/b16-7+/t20-,23+,24+,27+/m1/s1. The second-order valence-electron chi connectivity index (χ2n) is 10.6. The van der Waals surface area contributed by atoms with E-state index in [2.05, 4.69) is 26.8 Å². The van der Waals surface area contributed by atoms with Gasteiger partial charge >= 0.3 is 5.97 Å². The van der Waals surface area contributed by atoms with Crippen molar-refractivity contribution in [2.45, 2.75) is 96.6 Å². The Kier molecular flexibility index (Phi) is 6.01. The minimum absolute atomic E-state index is 0.148. The second-order valence-corrected chi connectivity index (χ2v) is 10.6. The molecule has 1 aliphatic carbocycles. The Morgan fingerprint density at radius 3 is 2.66 bits per heavy atom. The Labute approximate surface area is 191 Å². The van der Waals surface area contributed by atoms with Crippen molar-refractivity contribution >= 4 is 5.97 Å². The molecular formula is C27H36O5. The number of benzene rings is 1. The van der Waals surface area contributed by atoms with E-state index in [1.54, 1.807) is 32.0 Å². The summed E-state index contributed by atoms with van der Waals surface area (Å²) in [5, 5.41) is 21.2. The minimum Gasteiger partial charge on any atom is -0.508 e. The van der Waals surface area contributed by atoms with Gasteiger partial charge in [-0.05, 0) is 96.9 Å². The second kappa shape index (κ2) is 8.35. The molecule has 1 saturated heterocycles. The van der Waals surface area contributed by atoms with Crippen LogP contribution in [0.2, 0.25) is 0 Å². The summed E-state index contributed by atoms with van der Waals surface area (Å²) >= 11 is 0. The van der Waals surface area contributed by atoms with E-state index < -0.39 is 17.7 Å². The molecule has 4 atom stereocenters. The van der Waals surface area contributed by atoms with Gasteiger partial charge in [-0.3, -0.25) is 0 Å². The highest BCUT2D eigenvalue weighted by molar-refractivity contribution is 5.90. The number of carbonyl (C=O) groups excluding carboxylic acids is 1. The number of epoxide rings is 1. The van der Waals surface area contributed by atoms with Gasteiger partial charge < -0.3 is 19.7 Å². The van der Waals surface area contributed by atoms with E-state index in [-0.39, 0.29) is 17.5 Å². The summed E-state index contributed by atoms with van der Waals surface area (Å²) in [6.07, 6.45) is 6.65.